The highest BCUT2D eigenvalue weighted by atomic mass is 35.5. The van der Waals surface area contributed by atoms with Gasteiger partial charge in [0.25, 0.3) is 0 Å². The predicted molar refractivity (Wildman–Crippen MR) is 50.0 cm³/mol. The first-order valence-electron chi connectivity index (χ1n) is 4.03. The van der Waals surface area contributed by atoms with Crippen molar-refractivity contribution >= 4 is 11.6 Å². The van der Waals surface area contributed by atoms with Crippen LogP contribution in [-0.4, -0.2) is 18.5 Å². The predicted octanol–water partition coefficient (Wildman–Crippen LogP) is 2.09. The van der Waals surface area contributed by atoms with E-state index in [0.717, 1.165) is 6.54 Å². The van der Waals surface area contributed by atoms with E-state index in [0.29, 0.717) is 11.9 Å². The van der Waals surface area contributed by atoms with Crippen LogP contribution in [-0.2, 0) is 0 Å². The Kier molecular flexibility index (Phi) is 4.32. The summed E-state index contributed by atoms with van der Waals surface area (Å²) in [5.41, 5.74) is 0. The summed E-state index contributed by atoms with van der Waals surface area (Å²) in [7, 11) is 0. The molecule has 1 rings (SSSR count). The first-order chi connectivity index (χ1) is 5.43. The molecule has 0 fully saturated rings. The molecule has 2 heteroatoms. The lowest BCUT2D eigenvalue weighted by molar-refractivity contribution is 0.573. The molecule has 0 atom stereocenters. The van der Waals surface area contributed by atoms with Gasteiger partial charge in [-0.15, -0.1) is 11.6 Å². The molecule has 0 heterocycles. The molecule has 0 unspecified atom stereocenters. The van der Waals surface area contributed by atoms with Crippen LogP contribution in [0.5, 0.6) is 0 Å². The molecule has 0 saturated heterocycles. The molecule has 1 nitrogen and oxygen atoms in total. The van der Waals surface area contributed by atoms with E-state index in [1.54, 1.807) is 0 Å². The van der Waals surface area contributed by atoms with Crippen molar-refractivity contribution in [1.82, 2.24) is 5.32 Å². The van der Waals surface area contributed by atoms with Crippen LogP contribution in [0.15, 0.2) is 24.3 Å². The Morgan fingerprint density at radius 3 is 2.73 bits per heavy atom. The van der Waals surface area contributed by atoms with Gasteiger partial charge in [-0.1, -0.05) is 24.3 Å². The minimum Gasteiger partial charge on any atom is -0.310 e. The molecule has 0 aromatic carbocycles. The third-order valence-electron chi connectivity index (χ3n) is 1.79. The van der Waals surface area contributed by atoms with Crippen molar-refractivity contribution in [3.05, 3.63) is 24.3 Å². The van der Waals surface area contributed by atoms with Crippen LogP contribution >= 0.6 is 11.6 Å². The number of rotatable bonds is 4. The zero-order valence-corrected chi connectivity index (χ0v) is 7.35. The molecular weight excluding hydrogens is 158 g/mol. The SMILES string of the molecule is ClC/C=C/CNC1CC=CC1. The van der Waals surface area contributed by atoms with Gasteiger partial charge in [0.1, 0.15) is 0 Å². The molecular formula is C9H14ClN. The van der Waals surface area contributed by atoms with Gasteiger partial charge in [0.2, 0.25) is 0 Å². The summed E-state index contributed by atoms with van der Waals surface area (Å²) in [6, 6.07) is 0.662. The fourth-order valence-corrected chi connectivity index (χ4v) is 1.29. The molecule has 11 heavy (non-hydrogen) atoms. The molecule has 0 bridgehead atoms. The Labute approximate surface area is 73.1 Å². The van der Waals surface area contributed by atoms with E-state index >= 15 is 0 Å². The van der Waals surface area contributed by atoms with Crippen LogP contribution in [0, 0.1) is 0 Å². The fraction of sp³-hybridized carbons (Fsp3) is 0.556. The van der Waals surface area contributed by atoms with Crippen molar-refractivity contribution in [2.24, 2.45) is 0 Å². The Morgan fingerprint density at radius 1 is 1.36 bits per heavy atom. The molecule has 0 aromatic heterocycles. The molecule has 1 N–H and O–H groups in total. The van der Waals surface area contributed by atoms with Gasteiger partial charge in [-0.25, -0.2) is 0 Å². The maximum absolute atomic E-state index is 5.47. The number of hydrogen-bond acceptors (Lipinski definition) is 1. The van der Waals surface area contributed by atoms with Gasteiger partial charge in [0.05, 0.1) is 0 Å². The summed E-state index contributed by atoms with van der Waals surface area (Å²) in [5.74, 6) is 0.616. The largest absolute Gasteiger partial charge is 0.310 e. The third kappa shape index (κ3) is 3.59. The molecule has 1 aliphatic carbocycles. The minimum atomic E-state index is 0.616. The van der Waals surface area contributed by atoms with E-state index < -0.39 is 0 Å². The Morgan fingerprint density at radius 2 is 2.09 bits per heavy atom. The van der Waals surface area contributed by atoms with E-state index in [1.165, 1.54) is 12.8 Å². The quantitative estimate of drug-likeness (QED) is 0.505. The Hall–Kier alpha value is -0.270. The molecule has 62 valence electrons. The molecule has 0 aliphatic heterocycles. The standard InChI is InChI=1S/C9H14ClN/c10-7-3-4-8-11-9-5-1-2-6-9/h1-4,9,11H,5-8H2/b4-3+. The first-order valence-corrected chi connectivity index (χ1v) is 4.56. The van der Waals surface area contributed by atoms with Crippen LogP contribution < -0.4 is 5.32 Å². The van der Waals surface area contributed by atoms with E-state index in [4.69, 9.17) is 11.6 Å². The second-order valence-corrected chi connectivity index (χ2v) is 2.98. The number of halogens is 1. The van der Waals surface area contributed by atoms with Gasteiger partial charge < -0.3 is 5.32 Å². The number of nitrogens with one attached hydrogen (secondary N) is 1. The van der Waals surface area contributed by atoms with Crippen molar-refractivity contribution in [1.29, 1.82) is 0 Å². The zero-order chi connectivity index (χ0) is 7.94. The van der Waals surface area contributed by atoms with E-state index in [1.807, 2.05) is 6.08 Å². The summed E-state index contributed by atoms with van der Waals surface area (Å²) in [6.07, 6.45) is 10.8. The van der Waals surface area contributed by atoms with Crippen LogP contribution in [0.25, 0.3) is 0 Å². The molecule has 0 radical (unpaired) electrons. The van der Waals surface area contributed by atoms with Crippen LogP contribution in [0.3, 0.4) is 0 Å². The monoisotopic (exact) mass is 171 g/mol. The van der Waals surface area contributed by atoms with Gasteiger partial charge in [0, 0.05) is 18.5 Å². The average molecular weight is 172 g/mol. The van der Waals surface area contributed by atoms with Crippen molar-refractivity contribution < 1.29 is 0 Å². The summed E-state index contributed by atoms with van der Waals surface area (Å²) in [4.78, 5) is 0. The van der Waals surface area contributed by atoms with E-state index in [9.17, 15) is 0 Å². The van der Waals surface area contributed by atoms with Gasteiger partial charge in [-0.05, 0) is 12.8 Å². The topological polar surface area (TPSA) is 12.0 Å². The zero-order valence-electron chi connectivity index (χ0n) is 6.59. The summed E-state index contributed by atoms with van der Waals surface area (Å²) < 4.78 is 0. The van der Waals surface area contributed by atoms with Crippen molar-refractivity contribution in [3.8, 4) is 0 Å². The Bertz CT molecular complexity index is 144. The van der Waals surface area contributed by atoms with E-state index in [2.05, 4.69) is 23.5 Å². The molecule has 0 saturated carbocycles. The van der Waals surface area contributed by atoms with Crippen LogP contribution in [0.4, 0.5) is 0 Å². The second kappa shape index (κ2) is 5.39. The van der Waals surface area contributed by atoms with Gasteiger partial charge >= 0.3 is 0 Å². The highest BCUT2D eigenvalue weighted by Crippen LogP contribution is 2.08. The molecule has 0 aromatic rings. The molecule has 0 spiro atoms. The fourth-order valence-electron chi connectivity index (χ4n) is 1.16. The average Bonchev–Trinajstić information content (AvgIpc) is 2.50. The van der Waals surface area contributed by atoms with Gasteiger partial charge in [0.15, 0.2) is 0 Å². The highest BCUT2D eigenvalue weighted by Gasteiger charge is 2.06. The molecule has 0 amide bonds. The number of allylic oxidation sites excluding steroid dienone is 1. The van der Waals surface area contributed by atoms with Crippen LogP contribution in [0.2, 0.25) is 0 Å². The van der Waals surface area contributed by atoms with Crippen LogP contribution in [0.1, 0.15) is 12.8 Å². The van der Waals surface area contributed by atoms with Crippen molar-refractivity contribution in [2.45, 2.75) is 18.9 Å². The van der Waals surface area contributed by atoms with Crippen molar-refractivity contribution in [3.63, 3.8) is 0 Å². The lowest BCUT2D eigenvalue weighted by atomic mass is 10.2. The highest BCUT2D eigenvalue weighted by molar-refractivity contribution is 6.18. The lowest BCUT2D eigenvalue weighted by Gasteiger charge is -2.08. The number of hydrogen-bond donors (Lipinski definition) is 1. The lowest BCUT2D eigenvalue weighted by Crippen LogP contribution is -2.26. The molecule has 1 aliphatic rings. The third-order valence-corrected chi connectivity index (χ3v) is 1.97. The van der Waals surface area contributed by atoms with Gasteiger partial charge in [-0.3, -0.25) is 0 Å². The second-order valence-electron chi connectivity index (χ2n) is 2.67. The minimum absolute atomic E-state index is 0.616. The summed E-state index contributed by atoms with van der Waals surface area (Å²) in [6.45, 7) is 0.944. The smallest absolute Gasteiger partial charge is 0.0404 e. The summed E-state index contributed by atoms with van der Waals surface area (Å²) >= 11 is 5.47. The maximum atomic E-state index is 5.47. The number of alkyl halides is 1. The maximum Gasteiger partial charge on any atom is 0.0404 e. The van der Waals surface area contributed by atoms with Crippen molar-refractivity contribution in [2.75, 3.05) is 12.4 Å². The normalized spacial score (nSPS) is 18.6. The van der Waals surface area contributed by atoms with E-state index in [-0.39, 0.29) is 0 Å². The summed E-state index contributed by atoms with van der Waals surface area (Å²) in [5, 5.41) is 3.41. The van der Waals surface area contributed by atoms with Gasteiger partial charge in [-0.2, -0.15) is 0 Å². The Balaban J connectivity index is 1.99. The first kappa shape index (κ1) is 8.82.